The Labute approximate surface area is 170 Å². The van der Waals surface area contributed by atoms with Crippen molar-refractivity contribution in [2.45, 2.75) is 38.4 Å². The monoisotopic (exact) mass is 415 g/mol. The standard InChI is InChI=1S/C20H31F2N3O4/c1-23-20(24-9-4-11-27-14-16-5-3-12-28-16)25-10-8-15-6-7-17(26-2)18(13-15)29-19(21)22/h6-7,13,16,19H,3-5,8-12,14H2,1-2H3,(H2,23,24,25). The number of hydrogen-bond acceptors (Lipinski definition) is 5. The van der Waals surface area contributed by atoms with E-state index in [-0.39, 0.29) is 17.6 Å². The Morgan fingerprint density at radius 3 is 2.79 bits per heavy atom. The Balaban J connectivity index is 1.63. The molecular formula is C20H31F2N3O4. The summed E-state index contributed by atoms with van der Waals surface area (Å²) in [7, 11) is 3.11. The fourth-order valence-electron chi connectivity index (χ4n) is 2.98. The molecule has 29 heavy (non-hydrogen) atoms. The lowest BCUT2D eigenvalue weighted by atomic mass is 10.1. The molecule has 0 bridgehead atoms. The van der Waals surface area contributed by atoms with Crippen LogP contribution in [0.15, 0.2) is 23.2 Å². The van der Waals surface area contributed by atoms with E-state index in [0.29, 0.717) is 32.1 Å². The predicted molar refractivity (Wildman–Crippen MR) is 107 cm³/mol. The van der Waals surface area contributed by atoms with Gasteiger partial charge in [-0.2, -0.15) is 8.78 Å². The van der Waals surface area contributed by atoms with E-state index >= 15 is 0 Å². The first-order valence-electron chi connectivity index (χ1n) is 9.88. The zero-order chi connectivity index (χ0) is 20.9. The number of ether oxygens (including phenoxy) is 4. The average molecular weight is 415 g/mol. The molecular weight excluding hydrogens is 384 g/mol. The number of guanidine groups is 1. The Kier molecular flexibility index (Phi) is 10.5. The second-order valence-electron chi connectivity index (χ2n) is 6.60. The molecule has 2 rings (SSSR count). The van der Waals surface area contributed by atoms with Crippen molar-refractivity contribution < 1.29 is 27.7 Å². The smallest absolute Gasteiger partial charge is 0.387 e. The normalized spacial score (nSPS) is 16.9. The van der Waals surface area contributed by atoms with Gasteiger partial charge in [0.2, 0.25) is 0 Å². The topological polar surface area (TPSA) is 73.3 Å². The molecule has 0 radical (unpaired) electrons. The summed E-state index contributed by atoms with van der Waals surface area (Å²) in [6.07, 6.45) is 3.93. The van der Waals surface area contributed by atoms with Crippen molar-refractivity contribution in [1.82, 2.24) is 10.6 Å². The van der Waals surface area contributed by atoms with Gasteiger partial charge >= 0.3 is 6.61 Å². The Morgan fingerprint density at radius 1 is 1.28 bits per heavy atom. The lowest BCUT2D eigenvalue weighted by Gasteiger charge is -2.14. The van der Waals surface area contributed by atoms with Gasteiger partial charge in [0.25, 0.3) is 0 Å². The Hall–Kier alpha value is -2.13. The molecule has 0 spiro atoms. The number of aliphatic imine (C=N–C) groups is 1. The van der Waals surface area contributed by atoms with Crippen molar-refractivity contribution in [1.29, 1.82) is 0 Å². The second kappa shape index (κ2) is 13.2. The Morgan fingerprint density at radius 2 is 2.10 bits per heavy atom. The number of benzene rings is 1. The quantitative estimate of drug-likeness (QED) is 0.311. The molecule has 164 valence electrons. The average Bonchev–Trinajstić information content (AvgIpc) is 3.22. The molecule has 1 unspecified atom stereocenters. The van der Waals surface area contributed by atoms with Gasteiger partial charge < -0.3 is 29.6 Å². The van der Waals surface area contributed by atoms with Crippen molar-refractivity contribution in [3.63, 3.8) is 0 Å². The fourth-order valence-corrected chi connectivity index (χ4v) is 2.98. The molecule has 0 aromatic heterocycles. The highest BCUT2D eigenvalue weighted by atomic mass is 19.3. The number of nitrogens with one attached hydrogen (secondary N) is 2. The zero-order valence-electron chi connectivity index (χ0n) is 17.1. The third kappa shape index (κ3) is 8.82. The van der Waals surface area contributed by atoms with E-state index in [1.165, 1.54) is 7.11 Å². The van der Waals surface area contributed by atoms with Gasteiger partial charge in [-0.25, -0.2) is 0 Å². The van der Waals surface area contributed by atoms with Crippen molar-refractivity contribution in [3.8, 4) is 11.5 Å². The van der Waals surface area contributed by atoms with Crippen LogP contribution >= 0.6 is 0 Å². The second-order valence-corrected chi connectivity index (χ2v) is 6.60. The molecule has 7 nitrogen and oxygen atoms in total. The first-order valence-corrected chi connectivity index (χ1v) is 9.88. The lowest BCUT2D eigenvalue weighted by molar-refractivity contribution is -0.0512. The van der Waals surface area contributed by atoms with Crippen molar-refractivity contribution >= 4 is 5.96 Å². The molecule has 1 aliphatic rings. The molecule has 1 saturated heterocycles. The van der Waals surface area contributed by atoms with Crippen LogP contribution in [-0.4, -0.2) is 65.7 Å². The molecule has 1 aliphatic heterocycles. The summed E-state index contributed by atoms with van der Waals surface area (Å²) in [5.74, 6) is 0.994. The maximum atomic E-state index is 12.5. The molecule has 0 amide bonds. The summed E-state index contributed by atoms with van der Waals surface area (Å²) < 4.78 is 45.7. The first kappa shape index (κ1) is 23.2. The fraction of sp³-hybridized carbons (Fsp3) is 0.650. The van der Waals surface area contributed by atoms with Gasteiger partial charge in [-0.3, -0.25) is 4.99 Å². The van der Waals surface area contributed by atoms with Crippen LogP contribution in [-0.2, 0) is 15.9 Å². The highest BCUT2D eigenvalue weighted by Gasteiger charge is 2.15. The van der Waals surface area contributed by atoms with E-state index < -0.39 is 6.61 Å². The summed E-state index contributed by atoms with van der Waals surface area (Å²) in [5, 5.41) is 6.42. The van der Waals surface area contributed by atoms with Crippen molar-refractivity contribution in [2.24, 2.45) is 4.99 Å². The van der Waals surface area contributed by atoms with E-state index in [1.807, 2.05) is 6.07 Å². The van der Waals surface area contributed by atoms with Crippen LogP contribution in [0.2, 0.25) is 0 Å². The molecule has 1 heterocycles. The number of halogens is 2. The van der Waals surface area contributed by atoms with Gasteiger partial charge in [0.05, 0.1) is 19.8 Å². The van der Waals surface area contributed by atoms with Gasteiger partial charge in [-0.15, -0.1) is 0 Å². The van der Waals surface area contributed by atoms with Gasteiger partial charge in [0, 0.05) is 33.4 Å². The number of rotatable bonds is 12. The zero-order valence-corrected chi connectivity index (χ0v) is 17.1. The van der Waals surface area contributed by atoms with E-state index in [4.69, 9.17) is 14.2 Å². The molecule has 9 heteroatoms. The molecule has 2 N–H and O–H groups in total. The van der Waals surface area contributed by atoms with E-state index in [9.17, 15) is 8.78 Å². The predicted octanol–water partition coefficient (Wildman–Crippen LogP) is 2.59. The summed E-state index contributed by atoms with van der Waals surface area (Å²) in [6.45, 7) is 0.606. The van der Waals surface area contributed by atoms with Crippen LogP contribution in [0.3, 0.4) is 0 Å². The minimum Gasteiger partial charge on any atom is -0.493 e. The Bertz CT molecular complexity index is 626. The highest BCUT2D eigenvalue weighted by Crippen LogP contribution is 2.29. The van der Waals surface area contributed by atoms with E-state index in [1.54, 1.807) is 19.2 Å². The highest BCUT2D eigenvalue weighted by molar-refractivity contribution is 5.79. The summed E-state index contributed by atoms with van der Waals surface area (Å²) in [4.78, 5) is 4.17. The molecule has 0 saturated carbocycles. The minimum atomic E-state index is -2.89. The van der Waals surface area contributed by atoms with Crippen molar-refractivity contribution in [2.75, 3.05) is 47.1 Å². The summed E-state index contributed by atoms with van der Waals surface area (Å²) in [5.41, 5.74) is 0.854. The van der Waals surface area contributed by atoms with Crippen LogP contribution in [0.5, 0.6) is 11.5 Å². The van der Waals surface area contributed by atoms with Crippen LogP contribution in [0.25, 0.3) is 0 Å². The van der Waals surface area contributed by atoms with Crippen LogP contribution in [0.1, 0.15) is 24.8 Å². The SMILES string of the molecule is CN=C(NCCCOCC1CCCO1)NCCc1ccc(OC)c(OC(F)F)c1. The summed E-state index contributed by atoms with van der Waals surface area (Å²) in [6, 6.07) is 5.01. The van der Waals surface area contributed by atoms with Gasteiger partial charge in [0.1, 0.15) is 0 Å². The largest absolute Gasteiger partial charge is 0.493 e. The number of hydrogen-bond donors (Lipinski definition) is 2. The lowest BCUT2D eigenvalue weighted by Crippen LogP contribution is -2.39. The molecule has 1 fully saturated rings. The maximum absolute atomic E-state index is 12.5. The number of alkyl halides is 2. The summed E-state index contributed by atoms with van der Waals surface area (Å²) >= 11 is 0. The van der Waals surface area contributed by atoms with Crippen LogP contribution in [0, 0.1) is 0 Å². The third-order valence-electron chi connectivity index (χ3n) is 4.46. The van der Waals surface area contributed by atoms with Crippen molar-refractivity contribution in [3.05, 3.63) is 23.8 Å². The first-order chi connectivity index (χ1) is 14.1. The maximum Gasteiger partial charge on any atom is 0.387 e. The van der Waals surface area contributed by atoms with Crippen LogP contribution < -0.4 is 20.1 Å². The molecule has 1 aromatic rings. The van der Waals surface area contributed by atoms with Gasteiger partial charge in [-0.1, -0.05) is 6.07 Å². The van der Waals surface area contributed by atoms with E-state index in [0.717, 1.165) is 38.0 Å². The minimum absolute atomic E-state index is 0.0329. The van der Waals surface area contributed by atoms with Gasteiger partial charge in [0.15, 0.2) is 17.5 Å². The van der Waals surface area contributed by atoms with E-state index in [2.05, 4.69) is 20.4 Å². The van der Waals surface area contributed by atoms with Crippen LogP contribution in [0.4, 0.5) is 8.78 Å². The molecule has 1 atom stereocenters. The number of nitrogens with zero attached hydrogens (tertiary/aromatic N) is 1. The van der Waals surface area contributed by atoms with Gasteiger partial charge in [-0.05, 0) is 43.4 Å². The molecule has 1 aromatic carbocycles. The third-order valence-corrected chi connectivity index (χ3v) is 4.46. The molecule has 0 aliphatic carbocycles. The number of methoxy groups -OCH3 is 1.